The molecule has 0 fully saturated rings. The number of anilines is 1. The highest BCUT2D eigenvalue weighted by atomic mass is 16.5. The van der Waals surface area contributed by atoms with E-state index in [1.807, 2.05) is 31.5 Å². The fourth-order valence-corrected chi connectivity index (χ4v) is 2.26. The van der Waals surface area contributed by atoms with Crippen molar-refractivity contribution in [2.45, 2.75) is 52.5 Å². The van der Waals surface area contributed by atoms with Gasteiger partial charge in [-0.1, -0.05) is 20.8 Å². The minimum atomic E-state index is -0.272. The normalized spacial score (nSPS) is 12.1. The van der Waals surface area contributed by atoms with Crippen LogP contribution in [0.5, 0.6) is 5.88 Å². The summed E-state index contributed by atoms with van der Waals surface area (Å²) in [5.74, 6) is 0.682. The van der Waals surface area contributed by atoms with Gasteiger partial charge in [0.2, 0.25) is 5.88 Å². The van der Waals surface area contributed by atoms with Gasteiger partial charge in [0.1, 0.15) is 11.4 Å². The van der Waals surface area contributed by atoms with Gasteiger partial charge in [0.05, 0.1) is 18.3 Å². The highest BCUT2D eigenvalue weighted by molar-refractivity contribution is 6.05. The lowest BCUT2D eigenvalue weighted by molar-refractivity contribution is 0.102. The second-order valence-corrected chi connectivity index (χ2v) is 7.76. The van der Waals surface area contributed by atoms with E-state index in [0.29, 0.717) is 17.3 Å². The van der Waals surface area contributed by atoms with Gasteiger partial charge >= 0.3 is 0 Å². The molecular formula is C18H26N4O2. The van der Waals surface area contributed by atoms with E-state index in [4.69, 9.17) is 9.84 Å². The molecule has 130 valence electrons. The molecule has 0 radical (unpaired) electrons. The van der Waals surface area contributed by atoms with Crippen LogP contribution in [0.3, 0.4) is 0 Å². The Balaban J connectivity index is 2.41. The summed E-state index contributed by atoms with van der Waals surface area (Å²) in [6.07, 6.45) is 1.59. The minimum absolute atomic E-state index is 0.109. The molecule has 2 aromatic heterocycles. The third-order valence-corrected chi connectivity index (χ3v) is 3.56. The summed E-state index contributed by atoms with van der Waals surface area (Å²) in [7, 11) is 1.50. The number of carbonyl (C=O) groups excluding carboxylic acids is 1. The fraction of sp³-hybridized carbons (Fsp3) is 0.500. The number of hydrogen-bond donors (Lipinski definition) is 1. The summed E-state index contributed by atoms with van der Waals surface area (Å²) in [6.45, 7) is 12.4. The number of amides is 1. The molecule has 0 bridgehead atoms. The van der Waals surface area contributed by atoms with Gasteiger partial charge in [-0.15, -0.1) is 0 Å². The Morgan fingerprint density at radius 1 is 1.21 bits per heavy atom. The molecule has 0 aliphatic rings. The van der Waals surface area contributed by atoms with Crippen LogP contribution in [0, 0.1) is 0 Å². The van der Waals surface area contributed by atoms with E-state index in [-0.39, 0.29) is 16.9 Å². The number of nitrogens with zero attached hydrogens (tertiary/aromatic N) is 3. The molecule has 0 spiro atoms. The van der Waals surface area contributed by atoms with Gasteiger partial charge in [-0.25, -0.2) is 9.67 Å². The molecule has 6 nitrogen and oxygen atoms in total. The molecule has 24 heavy (non-hydrogen) atoms. The molecule has 2 heterocycles. The number of nitrogens with one attached hydrogen (secondary N) is 1. The zero-order valence-corrected chi connectivity index (χ0v) is 15.5. The van der Waals surface area contributed by atoms with Gasteiger partial charge in [-0.05, 0) is 32.9 Å². The molecule has 0 saturated heterocycles. The fourth-order valence-electron chi connectivity index (χ4n) is 2.26. The van der Waals surface area contributed by atoms with Crippen molar-refractivity contribution < 1.29 is 9.53 Å². The van der Waals surface area contributed by atoms with Crippen LogP contribution in [0.2, 0.25) is 0 Å². The quantitative estimate of drug-likeness (QED) is 0.933. The first-order chi connectivity index (χ1) is 11.0. The zero-order chi connectivity index (χ0) is 18.1. The molecule has 0 unspecified atom stereocenters. The first-order valence-corrected chi connectivity index (χ1v) is 7.95. The molecule has 2 aromatic rings. The molecular weight excluding hydrogens is 304 g/mol. The molecule has 0 aliphatic carbocycles. The Morgan fingerprint density at radius 3 is 2.42 bits per heavy atom. The largest absolute Gasteiger partial charge is 0.480 e. The van der Waals surface area contributed by atoms with Crippen LogP contribution in [0.25, 0.3) is 0 Å². The van der Waals surface area contributed by atoms with Crippen molar-refractivity contribution in [1.29, 1.82) is 0 Å². The van der Waals surface area contributed by atoms with Crippen molar-refractivity contribution >= 4 is 11.7 Å². The van der Waals surface area contributed by atoms with Crippen molar-refractivity contribution in [2.24, 2.45) is 0 Å². The van der Waals surface area contributed by atoms with Gasteiger partial charge < -0.3 is 10.1 Å². The Morgan fingerprint density at radius 2 is 1.88 bits per heavy atom. The standard InChI is InChI=1S/C18H26N4O2/c1-17(2,3)13-11-14(22(21-13)18(4,5)6)20-15(23)12-9-8-10-19-16(12)24-7/h8-11H,1-7H3,(H,20,23). The van der Waals surface area contributed by atoms with Crippen LogP contribution in [0.1, 0.15) is 57.6 Å². The maximum atomic E-state index is 12.7. The first-order valence-electron chi connectivity index (χ1n) is 7.95. The second kappa shape index (κ2) is 6.26. The number of rotatable bonds is 3. The van der Waals surface area contributed by atoms with Gasteiger partial charge in [0, 0.05) is 17.7 Å². The van der Waals surface area contributed by atoms with Crippen molar-refractivity contribution in [3.63, 3.8) is 0 Å². The average molecular weight is 330 g/mol. The van der Waals surface area contributed by atoms with Crippen molar-refractivity contribution in [3.05, 3.63) is 35.7 Å². The topological polar surface area (TPSA) is 69.0 Å². The summed E-state index contributed by atoms with van der Waals surface area (Å²) in [5.41, 5.74) is 0.942. The zero-order valence-electron chi connectivity index (χ0n) is 15.5. The van der Waals surface area contributed by atoms with Crippen LogP contribution >= 0.6 is 0 Å². The third-order valence-electron chi connectivity index (χ3n) is 3.56. The SMILES string of the molecule is COc1ncccc1C(=O)Nc1cc(C(C)(C)C)nn1C(C)(C)C. The number of ether oxygens (including phenoxy) is 1. The Bertz CT molecular complexity index is 736. The summed E-state index contributed by atoms with van der Waals surface area (Å²) in [6, 6.07) is 5.31. The van der Waals surface area contributed by atoms with Crippen molar-refractivity contribution in [3.8, 4) is 5.88 Å². The predicted molar refractivity (Wildman–Crippen MR) is 94.7 cm³/mol. The van der Waals surface area contributed by atoms with Gasteiger partial charge in [0.25, 0.3) is 5.91 Å². The van der Waals surface area contributed by atoms with Crippen LogP contribution in [-0.4, -0.2) is 27.8 Å². The number of pyridine rings is 1. The Hall–Kier alpha value is -2.37. The maximum absolute atomic E-state index is 12.7. The number of methoxy groups -OCH3 is 1. The average Bonchev–Trinajstić information content (AvgIpc) is 2.91. The van der Waals surface area contributed by atoms with E-state index < -0.39 is 0 Å². The molecule has 6 heteroatoms. The van der Waals surface area contributed by atoms with E-state index in [2.05, 4.69) is 31.1 Å². The van der Waals surface area contributed by atoms with Crippen molar-refractivity contribution in [1.82, 2.24) is 14.8 Å². The van der Waals surface area contributed by atoms with E-state index >= 15 is 0 Å². The highest BCUT2D eigenvalue weighted by Gasteiger charge is 2.26. The van der Waals surface area contributed by atoms with Crippen LogP contribution < -0.4 is 10.1 Å². The summed E-state index contributed by atoms with van der Waals surface area (Å²) in [5, 5.41) is 7.64. The molecule has 2 rings (SSSR count). The lowest BCUT2D eigenvalue weighted by atomic mass is 9.92. The summed E-state index contributed by atoms with van der Waals surface area (Å²) < 4.78 is 7.01. The van der Waals surface area contributed by atoms with Crippen molar-refractivity contribution in [2.75, 3.05) is 12.4 Å². The van der Waals surface area contributed by atoms with E-state index in [1.165, 1.54) is 7.11 Å². The number of carbonyl (C=O) groups is 1. The van der Waals surface area contributed by atoms with Crippen LogP contribution in [-0.2, 0) is 11.0 Å². The highest BCUT2D eigenvalue weighted by Crippen LogP contribution is 2.28. The van der Waals surface area contributed by atoms with Crippen LogP contribution in [0.15, 0.2) is 24.4 Å². The monoisotopic (exact) mass is 330 g/mol. The molecule has 0 aliphatic heterocycles. The van der Waals surface area contributed by atoms with E-state index in [0.717, 1.165) is 5.69 Å². The van der Waals surface area contributed by atoms with E-state index in [9.17, 15) is 4.79 Å². The molecule has 1 amide bonds. The Labute approximate surface area is 143 Å². The Kier molecular flexibility index (Phi) is 4.69. The second-order valence-electron chi connectivity index (χ2n) is 7.76. The number of aromatic nitrogens is 3. The number of hydrogen-bond acceptors (Lipinski definition) is 4. The smallest absolute Gasteiger partial charge is 0.262 e. The summed E-state index contributed by atoms with van der Waals surface area (Å²) in [4.78, 5) is 16.7. The summed E-state index contributed by atoms with van der Waals surface area (Å²) >= 11 is 0. The van der Waals surface area contributed by atoms with Gasteiger partial charge in [-0.2, -0.15) is 5.10 Å². The minimum Gasteiger partial charge on any atom is -0.480 e. The van der Waals surface area contributed by atoms with Gasteiger partial charge in [-0.3, -0.25) is 4.79 Å². The lowest BCUT2D eigenvalue weighted by Gasteiger charge is -2.23. The van der Waals surface area contributed by atoms with Gasteiger partial charge in [0.15, 0.2) is 0 Å². The lowest BCUT2D eigenvalue weighted by Crippen LogP contribution is -2.27. The molecule has 0 saturated carbocycles. The first kappa shape index (κ1) is 18.0. The third kappa shape index (κ3) is 3.75. The maximum Gasteiger partial charge on any atom is 0.262 e. The molecule has 0 atom stereocenters. The predicted octanol–water partition coefficient (Wildman–Crippen LogP) is 3.59. The van der Waals surface area contributed by atoms with Crippen LogP contribution in [0.4, 0.5) is 5.82 Å². The molecule has 1 N–H and O–H groups in total. The molecule has 0 aromatic carbocycles. The van der Waals surface area contributed by atoms with E-state index in [1.54, 1.807) is 18.3 Å².